The second-order valence-electron chi connectivity index (χ2n) is 5.21. The maximum Gasteiger partial charge on any atom is 0.244 e. The van der Waals surface area contributed by atoms with E-state index in [1.807, 2.05) is 0 Å². The zero-order chi connectivity index (χ0) is 17.9. The van der Waals surface area contributed by atoms with Crippen LogP contribution in [-0.2, 0) is 9.59 Å². The van der Waals surface area contributed by atoms with Crippen LogP contribution < -0.4 is 10.2 Å². The fourth-order valence-corrected chi connectivity index (χ4v) is 2.33. The van der Waals surface area contributed by atoms with Gasteiger partial charge >= 0.3 is 0 Å². The number of nitrogens with one attached hydrogen (secondary N) is 1. The zero-order valence-corrected chi connectivity index (χ0v) is 13.8. The summed E-state index contributed by atoms with van der Waals surface area (Å²) in [5, 5.41) is 2.74. The zero-order valence-electron chi connectivity index (χ0n) is 13.1. The Morgan fingerprint density at radius 2 is 1.88 bits per heavy atom. The van der Waals surface area contributed by atoms with Crippen molar-refractivity contribution in [3.63, 3.8) is 0 Å². The maximum atomic E-state index is 13.6. The first-order valence-electron chi connectivity index (χ1n) is 7.07. The third kappa shape index (κ3) is 4.29. The van der Waals surface area contributed by atoms with Crippen LogP contribution in [0.3, 0.4) is 0 Å². The molecule has 126 valence electrons. The number of nitrogens with zero attached hydrogens (tertiary/aromatic N) is 1. The number of carbonyl (C=O) groups is 2. The lowest BCUT2D eigenvalue weighted by Gasteiger charge is -2.23. The van der Waals surface area contributed by atoms with Crippen molar-refractivity contribution in [2.24, 2.45) is 0 Å². The molecular weight excluding hydrogens is 338 g/mol. The highest BCUT2D eigenvalue weighted by Crippen LogP contribution is 2.24. The van der Waals surface area contributed by atoms with Crippen LogP contribution in [-0.4, -0.2) is 18.4 Å². The number of aryl methyl sites for hydroxylation is 1. The molecule has 0 fully saturated rings. The van der Waals surface area contributed by atoms with Crippen LogP contribution >= 0.6 is 11.6 Å². The monoisotopic (exact) mass is 352 g/mol. The van der Waals surface area contributed by atoms with Crippen molar-refractivity contribution in [3.05, 3.63) is 58.6 Å². The molecule has 0 aliphatic heterocycles. The number of amides is 2. The molecule has 2 aromatic rings. The molecule has 0 aliphatic carbocycles. The lowest BCUT2D eigenvalue weighted by atomic mass is 10.1. The molecule has 0 saturated carbocycles. The maximum absolute atomic E-state index is 13.6. The van der Waals surface area contributed by atoms with Crippen LogP contribution in [0.25, 0.3) is 0 Å². The molecule has 0 saturated heterocycles. The van der Waals surface area contributed by atoms with Gasteiger partial charge in [-0.25, -0.2) is 8.78 Å². The Bertz CT molecular complexity index is 796. The summed E-state index contributed by atoms with van der Waals surface area (Å²) >= 11 is 5.94. The van der Waals surface area contributed by atoms with Crippen molar-refractivity contribution < 1.29 is 18.4 Å². The number of carbonyl (C=O) groups excluding carboxylic acids is 2. The van der Waals surface area contributed by atoms with Crippen LogP contribution in [0.15, 0.2) is 36.4 Å². The smallest absolute Gasteiger partial charge is 0.244 e. The molecule has 0 bridgehead atoms. The first-order valence-corrected chi connectivity index (χ1v) is 7.45. The Hall–Kier alpha value is -2.47. The van der Waals surface area contributed by atoms with Crippen molar-refractivity contribution >= 4 is 34.8 Å². The highest BCUT2D eigenvalue weighted by molar-refractivity contribution is 6.31. The minimum absolute atomic E-state index is 0.160. The molecule has 4 nitrogen and oxygen atoms in total. The Balaban J connectivity index is 2.20. The van der Waals surface area contributed by atoms with E-state index in [4.69, 9.17) is 11.6 Å². The highest BCUT2D eigenvalue weighted by Gasteiger charge is 2.19. The van der Waals surface area contributed by atoms with Crippen LogP contribution in [0.1, 0.15) is 12.5 Å². The molecule has 1 N–H and O–H groups in total. The molecule has 24 heavy (non-hydrogen) atoms. The summed E-state index contributed by atoms with van der Waals surface area (Å²) in [6.07, 6.45) is 0. The normalized spacial score (nSPS) is 10.4. The van der Waals surface area contributed by atoms with Gasteiger partial charge in [-0.1, -0.05) is 17.7 Å². The first-order chi connectivity index (χ1) is 11.3. The summed E-state index contributed by atoms with van der Waals surface area (Å²) in [5.74, 6) is -2.62. The average Bonchev–Trinajstić information content (AvgIpc) is 2.50. The van der Waals surface area contributed by atoms with Gasteiger partial charge in [-0.2, -0.15) is 0 Å². The van der Waals surface area contributed by atoms with Crippen molar-refractivity contribution in [1.82, 2.24) is 0 Å². The number of anilines is 2. The minimum Gasteiger partial charge on any atom is -0.322 e. The van der Waals surface area contributed by atoms with Gasteiger partial charge in [0.15, 0.2) is 0 Å². The topological polar surface area (TPSA) is 49.4 Å². The molecule has 0 radical (unpaired) electrons. The van der Waals surface area contributed by atoms with E-state index in [9.17, 15) is 18.4 Å². The molecule has 0 atom stereocenters. The number of rotatable bonds is 4. The summed E-state index contributed by atoms with van der Waals surface area (Å²) < 4.78 is 26.5. The fourth-order valence-electron chi connectivity index (χ4n) is 2.16. The largest absolute Gasteiger partial charge is 0.322 e. The summed E-state index contributed by atoms with van der Waals surface area (Å²) in [7, 11) is 0. The predicted molar refractivity (Wildman–Crippen MR) is 89.2 cm³/mol. The fraction of sp³-hybridized carbons (Fsp3) is 0.176. The quantitative estimate of drug-likeness (QED) is 0.906. The number of benzene rings is 2. The van der Waals surface area contributed by atoms with Crippen molar-refractivity contribution in [2.75, 3.05) is 16.8 Å². The Morgan fingerprint density at radius 3 is 2.50 bits per heavy atom. The molecule has 7 heteroatoms. The minimum atomic E-state index is -0.892. The second kappa shape index (κ2) is 7.40. The lowest BCUT2D eigenvalue weighted by Crippen LogP contribution is -2.37. The molecule has 0 aromatic heterocycles. The van der Waals surface area contributed by atoms with E-state index >= 15 is 0 Å². The van der Waals surface area contributed by atoms with Gasteiger partial charge in [0.1, 0.15) is 18.2 Å². The lowest BCUT2D eigenvalue weighted by molar-refractivity contribution is -0.120. The van der Waals surface area contributed by atoms with Crippen molar-refractivity contribution in [3.8, 4) is 0 Å². The van der Waals surface area contributed by atoms with E-state index in [-0.39, 0.29) is 18.1 Å². The van der Waals surface area contributed by atoms with Crippen molar-refractivity contribution in [1.29, 1.82) is 0 Å². The second-order valence-corrected chi connectivity index (χ2v) is 5.64. The Morgan fingerprint density at radius 1 is 1.17 bits per heavy atom. The molecule has 2 aromatic carbocycles. The van der Waals surface area contributed by atoms with Gasteiger partial charge in [0.05, 0.1) is 5.69 Å². The summed E-state index contributed by atoms with van der Waals surface area (Å²) in [4.78, 5) is 25.3. The van der Waals surface area contributed by atoms with Crippen LogP contribution in [0.5, 0.6) is 0 Å². The van der Waals surface area contributed by atoms with Crippen LogP contribution in [0.2, 0.25) is 5.02 Å². The average molecular weight is 353 g/mol. The number of halogens is 3. The SMILES string of the molecule is CC(=O)N(CC(=O)Nc1ccc(F)cc1F)c1cc(Cl)ccc1C. The van der Waals surface area contributed by atoms with Gasteiger partial charge in [0.2, 0.25) is 11.8 Å². The molecule has 0 unspecified atom stereocenters. The van der Waals surface area contributed by atoms with Gasteiger partial charge < -0.3 is 10.2 Å². The van der Waals surface area contributed by atoms with E-state index in [0.717, 1.165) is 17.7 Å². The van der Waals surface area contributed by atoms with Gasteiger partial charge in [-0.15, -0.1) is 0 Å². The summed E-state index contributed by atoms with van der Waals surface area (Å²) in [6.45, 7) is 2.76. The van der Waals surface area contributed by atoms with E-state index in [0.29, 0.717) is 16.8 Å². The van der Waals surface area contributed by atoms with E-state index < -0.39 is 17.5 Å². The number of hydrogen-bond donors (Lipinski definition) is 1. The third-order valence-corrected chi connectivity index (χ3v) is 3.58. The van der Waals surface area contributed by atoms with Crippen LogP contribution in [0.4, 0.5) is 20.2 Å². The molecule has 2 rings (SSSR count). The van der Waals surface area contributed by atoms with E-state index in [1.165, 1.54) is 11.8 Å². The molecule has 0 aliphatic rings. The molecule has 2 amide bonds. The highest BCUT2D eigenvalue weighted by atomic mass is 35.5. The standard InChI is InChI=1S/C17H15ClF2N2O2/c1-10-3-4-12(18)7-16(10)22(11(2)23)9-17(24)21-15-6-5-13(19)8-14(15)20/h3-8H,9H2,1-2H3,(H,21,24). The molecular formula is C17H15ClF2N2O2. The summed E-state index contributed by atoms with van der Waals surface area (Å²) in [5.41, 5.74) is 1.09. The van der Waals surface area contributed by atoms with E-state index in [1.54, 1.807) is 25.1 Å². The Labute approximate surface area is 143 Å². The van der Waals surface area contributed by atoms with Gasteiger partial charge in [0, 0.05) is 23.7 Å². The number of hydrogen-bond acceptors (Lipinski definition) is 2. The molecule has 0 heterocycles. The first kappa shape index (κ1) is 17.9. The Kier molecular flexibility index (Phi) is 5.51. The van der Waals surface area contributed by atoms with Gasteiger partial charge in [-0.3, -0.25) is 9.59 Å². The van der Waals surface area contributed by atoms with Gasteiger partial charge in [0.25, 0.3) is 0 Å². The van der Waals surface area contributed by atoms with Gasteiger partial charge in [-0.05, 0) is 36.8 Å². The van der Waals surface area contributed by atoms with Crippen LogP contribution in [0, 0.1) is 18.6 Å². The van der Waals surface area contributed by atoms with E-state index in [2.05, 4.69) is 5.32 Å². The third-order valence-electron chi connectivity index (χ3n) is 3.35. The molecule has 0 spiro atoms. The predicted octanol–water partition coefficient (Wildman–Crippen LogP) is 3.92. The summed E-state index contributed by atoms with van der Waals surface area (Å²) in [6, 6.07) is 7.79. The van der Waals surface area contributed by atoms with Crippen molar-refractivity contribution in [2.45, 2.75) is 13.8 Å².